The van der Waals surface area contributed by atoms with Crippen molar-refractivity contribution in [1.82, 2.24) is 0 Å². The van der Waals surface area contributed by atoms with E-state index in [4.69, 9.17) is 17.3 Å². The molecule has 0 saturated carbocycles. The summed E-state index contributed by atoms with van der Waals surface area (Å²) in [5.74, 6) is -0.454. The van der Waals surface area contributed by atoms with Crippen molar-refractivity contribution >= 4 is 11.6 Å². The van der Waals surface area contributed by atoms with E-state index in [1.54, 1.807) is 6.07 Å². The number of hydrogen-bond acceptors (Lipinski definition) is 3. The van der Waals surface area contributed by atoms with E-state index in [1.807, 2.05) is 6.92 Å². The lowest BCUT2D eigenvalue weighted by Gasteiger charge is -2.09. The van der Waals surface area contributed by atoms with Gasteiger partial charge in [-0.15, -0.1) is 0 Å². The molecule has 0 aliphatic heterocycles. The van der Waals surface area contributed by atoms with Crippen molar-refractivity contribution in [2.75, 3.05) is 0 Å². The van der Waals surface area contributed by atoms with E-state index >= 15 is 0 Å². The van der Waals surface area contributed by atoms with Gasteiger partial charge >= 0.3 is 0 Å². The number of rotatable bonds is 2. The van der Waals surface area contributed by atoms with Crippen molar-refractivity contribution < 1.29 is 10.2 Å². The summed E-state index contributed by atoms with van der Waals surface area (Å²) in [6.45, 7) is 1.82. The van der Waals surface area contributed by atoms with Crippen molar-refractivity contribution in [3.8, 4) is 11.5 Å². The van der Waals surface area contributed by atoms with Crippen molar-refractivity contribution in [2.45, 2.75) is 19.4 Å². The second-order valence-electron chi connectivity index (χ2n) is 3.09. The molecule has 0 aromatic heterocycles. The van der Waals surface area contributed by atoms with Crippen LogP contribution in [0.4, 0.5) is 0 Å². The van der Waals surface area contributed by atoms with Gasteiger partial charge in [0.25, 0.3) is 0 Å². The fraction of sp³-hybridized carbons (Fsp3) is 0.333. The fourth-order valence-electron chi connectivity index (χ4n) is 1.11. The minimum absolute atomic E-state index is 0.0634. The van der Waals surface area contributed by atoms with Gasteiger partial charge in [0.05, 0.1) is 5.02 Å². The Morgan fingerprint density at radius 2 is 2.00 bits per heavy atom. The molecule has 1 unspecified atom stereocenters. The first-order valence-corrected chi connectivity index (χ1v) is 4.35. The van der Waals surface area contributed by atoms with Gasteiger partial charge in [-0.1, -0.05) is 17.7 Å². The summed E-state index contributed by atoms with van der Waals surface area (Å²) < 4.78 is 0. The maximum atomic E-state index is 9.44. The minimum atomic E-state index is -0.278. The number of phenols is 2. The first-order valence-electron chi connectivity index (χ1n) is 3.97. The molecule has 0 saturated heterocycles. The third-order valence-electron chi connectivity index (χ3n) is 1.73. The maximum absolute atomic E-state index is 9.44. The molecule has 4 N–H and O–H groups in total. The molecule has 1 aromatic carbocycles. The zero-order valence-electron chi connectivity index (χ0n) is 7.29. The Balaban J connectivity index is 3.04. The second kappa shape index (κ2) is 3.85. The number of halogens is 1. The Morgan fingerprint density at radius 1 is 1.38 bits per heavy atom. The molecular weight excluding hydrogens is 190 g/mol. The Hall–Kier alpha value is -0.930. The summed E-state index contributed by atoms with van der Waals surface area (Å²) in [6.07, 6.45) is 0.510. The van der Waals surface area contributed by atoms with E-state index in [1.165, 1.54) is 6.07 Å². The number of hydrogen-bond donors (Lipinski definition) is 3. The van der Waals surface area contributed by atoms with Gasteiger partial charge in [-0.25, -0.2) is 0 Å². The molecule has 4 heteroatoms. The average Bonchev–Trinajstić information content (AvgIpc) is 2.06. The molecule has 0 heterocycles. The molecule has 0 amide bonds. The molecule has 0 spiro atoms. The van der Waals surface area contributed by atoms with Gasteiger partial charge in [-0.05, 0) is 25.0 Å². The number of aromatic hydroxyl groups is 2. The number of phenolic OH excluding ortho intramolecular Hbond substituents is 2. The van der Waals surface area contributed by atoms with Crippen LogP contribution in [0.15, 0.2) is 12.1 Å². The van der Waals surface area contributed by atoms with Gasteiger partial charge < -0.3 is 15.9 Å². The summed E-state index contributed by atoms with van der Waals surface area (Å²) in [5.41, 5.74) is 6.16. The molecule has 0 bridgehead atoms. The zero-order chi connectivity index (χ0) is 10.0. The largest absolute Gasteiger partial charge is 0.504 e. The van der Waals surface area contributed by atoms with Crippen LogP contribution in [0.5, 0.6) is 11.5 Å². The summed E-state index contributed by atoms with van der Waals surface area (Å²) in [5, 5.41) is 18.9. The highest BCUT2D eigenvalue weighted by atomic mass is 35.5. The van der Waals surface area contributed by atoms with Crippen LogP contribution in [0, 0.1) is 0 Å². The van der Waals surface area contributed by atoms with Crippen LogP contribution < -0.4 is 5.73 Å². The lowest BCUT2D eigenvalue weighted by molar-refractivity contribution is 0.398. The van der Waals surface area contributed by atoms with Gasteiger partial charge in [-0.3, -0.25) is 0 Å². The average molecular weight is 202 g/mol. The Morgan fingerprint density at radius 3 is 2.54 bits per heavy atom. The highest BCUT2D eigenvalue weighted by Crippen LogP contribution is 2.35. The van der Waals surface area contributed by atoms with Crippen molar-refractivity contribution in [2.24, 2.45) is 5.73 Å². The first-order chi connectivity index (χ1) is 6.02. The molecule has 0 radical (unpaired) electrons. The van der Waals surface area contributed by atoms with E-state index in [0.29, 0.717) is 12.0 Å². The monoisotopic (exact) mass is 201 g/mol. The Kier molecular flexibility index (Phi) is 3.01. The summed E-state index contributed by atoms with van der Waals surface area (Å²) in [7, 11) is 0. The van der Waals surface area contributed by atoms with Crippen LogP contribution in [0.3, 0.4) is 0 Å². The lowest BCUT2D eigenvalue weighted by atomic mass is 10.1. The predicted molar refractivity (Wildman–Crippen MR) is 52.1 cm³/mol. The van der Waals surface area contributed by atoms with E-state index in [2.05, 4.69) is 0 Å². The van der Waals surface area contributed by atoms with Gasteiger partial charge in [0.2, 0.25) is 0 Å². The van der Waals surface area contributed by atoms with Crippen LogP contribution in [-0.2, 0) is 6.42 Å². The predicted octanol–water partition coefficient (Wildman–Crippen LogP) is 1.64. The lowest BCUT2D eigenvalue weighted by Crippen LogP contribution is -2.17. The van der Waals surface area contributed by atoms with Crippen LogP contribution in [0.1, 0.15) is 12.5 Å². The molecular formula is C9H12ClNO2. The normalized spacial score (nSPS) is 12.8. The molecule has 13 heavy (non-hydrogen) atoms. The molecule has 1 atom stereocenters. The third-order valence-corrected chi connectivity index (χ3v) is 2.03. The van der Waals surface area contributed by atoms with E-state index in [-0.39, 0.29) is 22.6 Å². The fourth-order valence-corrected chi connectivity index (χ4v) is 1.26. The van der Waals surface area contributed by atoms with E-state index < -0.39 is 0 Å². The smallest absolute Gasteiger partial charge is 0.176 e. The van der Waals surface area contributed by atoms with Crippen LogP contribution >= 0.6 is 11.6 Å². The minimum Gasteiger partial charge on any atom is -0.504 e. The molecule has 1 aromatic rings. The Labute approximate surface area is 81.8 Å². The molecule has 1 rings (SSSR count). The van der Waals surface area contributed by atoms with Crippen LogP contribution in [0.2, 0.25) is 5.02 Å². The zero-order valence-corrected chi connectivity index (χ0v) is 8.04. The Bertz CT molecular complexity index is 313. The van der Waals surface area contributed by atoms with Crippen molar-refractivity contribution in [3.05, 3.63) is 22.7 Å². The van der Waals surface area contributed by atoms with Crippen molar-refractivity contribution in [3.63, 3.8) is 0 Å². The van der Waals surface area contributed by atoms with Crippen LogP contribution in [-0.4, -0.2) is 16.3 Å². The highest BCUT2D eigenvalue weighted by Gasteiger charge is 2.10. The number of benzene rings is 1. The summed E-state index contributed by atoms with van der Waals surface area (Å²) in [6, 6.07) is 3.13. The molecule has 0 aliphatic carbocycles. The third kappa shape index (κ3) is 2.26. The quantitative estimate of drug-likeness (QED) is 0.638. The number of nitrogens with two attached hydrogens (primary N) is 1. The molecule has 0 aliphatic rings. The van der Waals surface area contributed by atoms with Gasteiger partial charge in [0.1, 0.15) is 0 Å². The standard InChI is InChI=1S/C9H12ClNO2/c1-5(11)4-6-2-3-7(10)9(13)8(6)12/h2-3,5,12-13H,4,11H2,1H3. The molecule has 0 fully saturated rings. The molecule has 3 nitrogen and oxygen atoms in total. The topological polar surface area (TPSA) is 66.5 Å². The summed E-state index contributed by atoms with van der Waals surface area (Å²) >= 11 is 5.58. The van der Waals surface area contributed by atoms with E-state index in [0.717, 1.165) is 0 Å². The second-order valence-corrected chi connectivity index (χ2v) is 3.49. The summed E-state index contributed by atoms with van der Waals surface area (Å²) in [4.78, 5) is 0. The first kappa shape index (κ1) is 10.2. The highest BCUT2D eigenvalue weighted by molar-refractivity contribution is 6.32. The molecule has 72 valence electrons. The van der Waals surface area contributed by atoms with Crippen molar-refractivity contribution in [1.29, 1.82) is 0 Å². The van der Waals surface area contributed by atoms with Crippen LogP contribution in [0.25, 0.3) is 0 Å². The SMILES string of the molecule is CC(N)Cc1ccc(Cl)c(O)c1O. The van der Waals surface area contributed by atoms with Gasteiger partial charge in [-0.2, -0.15) is 0 Å². The van der Waals surface area contributed by atoms with Gasteiger partial charge in [0, 0.05) is 6.04 Å². The van der Waals surface area contributed by atoms with E-state index in [9.17, 15) is 10.2 Å². The maximum Gasteiger partial charge on any atom is 0.176 e. The van der Waals surface area contributed by atoms with Gasteiger partial charge in [0.15, 0.2) is 11.5 Å².